The first-order valence-corrected chi connectivity index (χ1v) is 7.33. The van der Waals surface area contributed by atoms with E-state index in [4.69, 9.17) is 0 Å². The van der Waals surface area contributed by atoms with Crippen LogP contribution in [0.1, 0.15) is 61.8 Å². The summed E-state index contributed by atoms with van der Waals surface area (Å²) in [6.07, 6.45) is 0. The van der Waals surface area contributed by atoms with Crippen LogP contribution in [0.25, 0.3) is 10.8 Å². The lowest BCUT2D eigenvalue weighted by Crippen LogP contribution is -2.03. The molecule has 0 fully saturated rings. The highest BCUT2D eigenvalue weighted by molar-refractivity contribution is 7.09. The number of rotatable bonds is 2. The van der Waals surface area contributed by atoms with Crippen molar-refractivity contribution in [1.82, 2.24) is 0 Å². The maximum atomic E-state index is 9.48. The molecule has 1 aromatic carbocycles. The minimum absolute atomic E-state index is 0.236. The van der Waals surface area contributed by atoms with E-state index in [1.807, 2.05) is 0 Å². The summed E-state index contributed by atoms with van der Waals surface area (Å²) < 4.78 is 0. The van der Waals surface area contributed by atoms with Crippen LogP contribution < -0.4 is 0 Å². The first kappa shape index (κ1) is 13.6. The molecule has 96 valence electrons. The number of benzene rings is 1. The van der Waals surface area contributed by atoms with Gasteiger partial charge in [0.05, 0.1) is 11.1 Å². The van der Waals surface area contributed by atoms with Gasteiger partial charge in [0, 0.05) is 0 Å². The minimum atomic E-state index is 0.236. The van der Waals surface area contributed by atoms with Crippen molar-refractivity contribution in [3.63, 3.8) is 0 Å². The lowest BCUT2D eigenvalue weighted by Gasteiger charge is -2.17. The Hall–Kier alpha value is -1.84. The fourth-order valence-corrected chi connectivity index (χ4v) is 3.53. The van der Waals surface area contributed by atoms with Crippen molar-refractivity contribution in [2.24, 2.45) is 0 Å². The number of thiophene rings is 1. The molecule has 2 aromatic rings. The lowest BCUT2D eigenvalue weighted by molar-refractivity contribution is 0.853. The molecule has 0 saturated carbocycles. The molecule has 0 atom stereocenters. The number of nitriles is 2. The van der Waals surface area contributed by atoms with Crippen LogP contribution in [0.15, 0.2) is 10.8 Å². The second-order valence-electron chi connectivity index (χ2n) is 5.31. The summed E-state index contributed by atoms with van der Waals surface area (Å²) >= 11 is 1.64. The molecule has 0 amide bonds. The van der Waals surface area contributed by atoms with Crippen LogP contribution in [-0.4, -0.2) is 0 Å². The molecular weight excluding hydrogens is 252 g/mol. The highest BCUT2D eigenvalue weighted by atomic mass is 32.1. The van der Waals surface area contributed by atoms with Gasteiger partial charge in [-0.1, -0.05) is 27.7 Å². The summed E-state index contributed by atoms with van der Waals surface area (Å²) in [5, 5.41) is 25.4. The zero-order valence-electron chi connectivity index (χ0n) is 11.6. The predicted octanol–water partition coefficient (Wildman–Crippen LogP) is 4.89. The van der Waals surface area contributed by atoms with Gasteiger partial charge in [-0.05, 0) is 44.5 Å². The topological polar surface area (TPSA) is 47.6 Å². The zero-order chi connectivity index (χ0) is 14.2. The van der Waals surface area contributed by atoms with Crippen LogP contribution >= 0.6 is 11.3 Å². The third-order valence-electron chi connectivity index (χ3n) is 3.41. The molecule has 2 nitrogen and oxygen atoms in total. The third kappa shape index (κ3) is 2.01. The number of fused-ring (bicyclic) bond motifs is 1. The summed E-state index contributed by atoms with van der Waals surface area (Å²) in [4.78, 5) is 0. The Morgan fingerprint density at radius 1 is 0.842 bits per heavy atom. The van der Waals surface area contributed by atoms with Crippen molar-refractivity contribution in [3.8, 4) is 12.1 Å². The third-order valence-corrected chi connectivity index (χ3v) is 4.15. The monoisotopic (exact) mass is 268 g/mol. The van der Waals surface area contributed by atoms with E-state index in [9.17, 15) is 10.5 Å². The van der Waals surface area contributed by atoms with E-state index in [1.54, 1.807) is 11.3 Å². The number of hydrogen-bond acceptors (Lipinski definition) is 3. The van der Waals surface area contributed by atoms with E-state index in [1.165, 1.54) is 0 Å². The van der Waals surface area contributed by atoms with Gasteiger partial charge in [0.15, 0.2) is 0 Å². The van der Waals surface area contributed by atoms with Gasteiger partial charge in [-0.15, -0.1) is 0 Å². The van der Waals surface area contributed by atoms with E-state index in [0.29, 0.717) is 11.1 Å². The molecular formula is C16H16N2S. The Balaban J connectivity index is 3.07. The molecule has 0 aliphatic heterocycles. The van der Waals surface area contributed by atoms with Crippen molar-refractivity contribution < 1.29 is 0 Å². The quantitative estimate of drug-likeness (QED) is 0.778. The van der Waals surface area contributed by atoms with Gasteiger partial charge >= 0.3 is 0 Å². The molecule has 1 aromatic heterocycles. The first-order chi connectivity index (χ1) is 9.02. The van der Waals surface area contributed by atoms with Crippen LogP contribution in [0.4, 0.5) is 0 Å². The van der Waals surface area contributed by atoms with Crippen molar-refractivity contribution in [2.45, 2.75) is 39.5 Å². The van der Waals surface area contributed by atoms with Crippen LogP contribution in [0.5, 0.6) is 0 Å². The van der Waals surface area contributed by atoms with Crippen molar-refractivity contribution in [3.05, 3.63) is 33.0 Å². The average Bonchev–Trinajstić information content (AvgIpc) is 2.82. The van der Waals surface area contributed by atoms with Crippen LogP contribution in [-0.2, 0) is 0 Å². The molecule has 0 spiro atoms. The van der Waals surface area contributed by atoms with Gasteiger partial charge in [-0.2, -0.15) is 21.9 Å². The predicted molar refractivity (Wildman–Crippen MR) is 79.4 cm³/mol. The molecule has 3 heteroatoms. The van der Waals surface area contributed by atoms with Crippen molar-refractivity contribution in [1.29, 1.82) is 10.5 Å². The van der Waals surface area contributed by atoms with Gasteiger partial charge in [0.25, 0.3) is 0 Å². The van der Waals surface area contributed by atoms with E-state index in [2.05, 4.69) is 50.6 Å². The molecule has 0 N–H and O–H groups in total. The van der Waals surface area contributed by atoms with Crippen molar-refractivity contribution in [2.75, 3.05) is 0 Å². The standard InChI is InChI=1S/C16H16N2S/c1-9(2)15-11(5-17)12(6-18)16(10(3)4)14-8-19-7-13(14)15/h7-10H,1-4H3. The second kappa shape index (κ2) is 5.03. The minimum Gasteiger partial charge on any atom is -0.192 e. The second-order valence-corrected chi connectivity index (χ2v) is 6.05. The largest absolute Gasteiger partial charge is 0.192 e. The SMILES string of the molecule is CC(C)c1c(C#N)c(C#N)c(C(C)C)c2cscc12. The van der Waals surface area contributed by atoms with Gasteiger partial charge in [0.1, 0.15) is 12.1 Å². The van der Waals surface area contributed by atoms with Crippen LogP contribution in [0, 0.1) is 22.7 Å². The van der Waals surface area contributed by atoms with Crippen LogP contribution in [0.2, 0.25) is 0 Å². The highest BCUT2D eigenvalue weighted by Crippen LogP contribution is 2.39. The van der Waals surface area contributed by atoms with E-state index >= 15 is 0 Å². The summed E-state index contributed by atoms with van der Waals surface area (Å²) in [5.74, 6) is 0.472. The highest BCUT2D eigenvalue weighted by Gasteiger charge is 2.22. The fraction of sp³-hybridized carbons (Fsp3) is 0.375. The lowest BCUT2D eigenvalue weighted by atomic mass is 9.83. The van der Waals surface area contributed by atoms with Gasteiger partial charge in [-0.25, -0.2) is 0 Å². The van der Waals surface area contributed by atoms with Crippen molar-refractivity contribution >= 4 is 22.1 Å². The Bertz CT molecular complexity index is 649. The molecule has 2 rings (SSSR count). The molecule has 0 aliphatic carbocycles. The molecule has 0 aliphatic rings. The molecule has 0 radical (unpaired) electrons. The van der Waals surface area contributed by atoms with E-state index < -0.39 is 0 Å². The van der Waals surface area contributed by atoms with Gasteiger partial charge in [-0.3, -0.25) is 0 Å². The van der Waals surface area contributed by atoms with Gasteiger partial charge in [0.2, 0.25) is 0 Å². The number of nitrogens with zero attached hydrogens (tertiary/aromatic N) is 2. The zero-order valence-corrected chi connectivity index (χ0v) is 12.4. The molecule has 0 saturated heterocycles. The molecule has 0 bridgehead atoms. The summed E-state index contributed by atoms with van der Waals surface area (Å²) in [6.45, 7) is 8.29. The Kier molecular flexibility index (Phi) is 3.60. The smallest absolute Gasteiger partial charge is 0.101 e. The van der Waals surface area contributed by atoms with Gasteiger partial charge < -0.3 is 0 Å². The maximum Gasteiger partial charge on any atom is 0.101 e. The normalized spacial score (nSPS) is 10.9. The van der Waals surface area contributed by atoms with E-state index in [-0.39, 0.29) is 11.8 Å². The number of hydrogen-bond donors (Lipinski definition) is 0. The molecule has 1 heterocycles. The Morgan fingerprint density at radius 2 is 1.21 bits per heavy atom. The molecule has 19 heavy (non-hydrogen) atoms. The maximum absolute atomic E-state index is 9.48. The molecule has 0 unspecified atom stereocenters. The Morgan fingerprint density at radius 3 is 1.47 bits per heavy atom. The van der Waals surface area contributed by atoms with E-state index in [0.717, 1.165) is 21.9 Å². The summed E-state index contributed by atoms with van der Waals surface area (Å²) in [6, 6.07) is 4.51. The summed E-state index contributed by atoms with van der Waals surface area (Å²) in [7, 11) is 0. The Labute approximate surface area is 117 Å². The van der Waals surface area contributed by atoms with Crippen LogP contribution in [0.3, 0.4) is 0 Å². The summed E-state index contributed by atoms with van der Waals surface area (Å²) in [5.41, 5.74) is 3.15. The fourth-order valence-electron chi connectivity index (χ4n) is 2.68. The average molecular weight is 268 g/mol. The first-order valence-electron chi connectivity index (χ1n) is 6.38.